The zero-order valence-corrected chi connectivity index (χ0v) is 8.13. The molecular formula is C7H12Cl2N2. The van der Waals surface area contributed by atoms with E-state index < -0.39 is 0 Å². The van der Waals surface area contributed by atoms with Crippen molar-refractivity contribution in [1.82, 2.24) is 4.98 Å². The number of hydrogen-bond donors (Lipinski definition) is 1. The summed E-state index contributed by atoms with van der Waals surface area (Å²) in [6.07, 6.45) is 1.67. The molecule has 0 aliphatic carbocycles. The average Bonchev–Trinajstić information content (AvgIpc) is 1.80. The number of aryl methyl sites for hydroxylation is 2. The van der Waals surface area contributed by atoms with Crippen molar-refractivity contribution in [2.75, 3.05) is 5.73 Å². The van der Waals surface area contributed by atoms with Gasteiger partial charge in [0.25, 0.3) is 0 Å². The smallest absolute Gasteiger partial charge is 0.0503 e. The standard InChI is InChI=1S/C7H10N2.2ClH/c1-5-3-7(8)4-9-6(5)2;;/h3-4H,8H2,1-2H3;2*1H. The van der Waals surface area contributed by atoms with Gasteiger partial charge in [-0.25, -0.2) is 0 Å². The van der Waals surface area contributed by atoms with E-state index >= 15 is 0 Å². The average molecular weight is 195 g/mol. The van der Waals surface area contributed by atoms with Crippen molar-refractivity contribution < 1.29 is 0 Å². The summed E-state index contributed by atoms with van der Waals surface area (Å²) in [7, 11) is 0. The fraction of sp³-hybridized carbons (Fsp3) is 0.286. The molecule has 0 saturated carbocycles. The Morgan fingerprint density at radius 3 is 2.18 bits per heavy atom. The third kappa shape index (κ3) is 3.44. The van der Waals surface area contributed by atoms with Crippen molar-refractivity contribution >= 4 is 30.5 Å². The van der Waals surface area contributed by atoms with Gasteiger partial charge in [0.2, 0.25) is 0 Å². The van der Waals surface area contributed by atoms with E-state index in [0.717, 1.165) is 16.9 Å². The molecule has 1 heterocycles. The summed E-state index contributed by atoms with van der Waals surface area (Å²) < 4.78 is 0. The Morgan fingerprint density at radius 2 is 1.82 bits per heavy atom. The zero-order chi connectivity index (χ0) is 6.85. The van der Waals surface area contributed by atoms with Crippen molar-refractivity contribution in [2.24, 2.45) is 0 Å². The van der Waals surface area contributed by atoms with E-state index in [1.807, 2.05) is 19.9 Å². The Labute approximate surface area is 79.0 Å². The van der Waals surface area contributed by atoms with Gasteiger partial charge in [0.15, 0.2) is 0 Å². The predicted octanol–water partition coefficient (Wildman–Crippen LogP) is 2.12. The first kappa shape index (κ1) is 13.1. The molecule has 1 aromatic heterocycles. The molecular weight excluding hydrogens is 183 g/mol. The van der Waals surface area contributed by atoms with E-state index in [2.05, 4.69) is 4.98 Å². The van der Waals surface area contributed by atoms with Gasteiger partial charge >= 0.3 is 0 Å². The molecule has 0 fully saturated rings. The van der Waals surface area contributed by atoms with Crippen LogP contribution in [-0.2, 0) is 0 Å². The molecule has 1 aromatic rings. The van der Waals surface area contributed by atoms with Crippen LogP contribution in [0.15, 0.2) is 12.3 Å². The monoisotopic (exact) mass is 194 g/mol. The topological polar surface area (TPSA) is 38.9 Å². The molecule has 2 nitrogen and oxygen atoms in total. The molecule has 11 heavy (non-hydrogen) atoms. The molecule has 0 aromatic carbocycles. The second kappa shape index (κ2) is 5.22. The van der Waals surface area contributed by atoms with Crippen LogP contribution in [0.3, 0.4) is 0 Å². The largest absolute Gasteiger partial charge is 0.397 e. The van der Waals surface area contributed by atoms with Gasteiger partial charge in [-0.1, -0.05) is 0 Å². The van der Waals surface area contributed by atoms with Gasteiger partial charge in [-0.05, 0) is 25.5 Å². The third-order valence-corrected chi connectivity index (χ3v) is 1.36. The molecule has 4 heteroatoms. The Morgan fingerprint density at radius 1 is 1.27 bits per heavy atom. The summed E-state index contributed by atoms with van der Waals surface area (Å²) in [5.41, 5.74) is 8.39. The van der Waals surface area contributed by atoms with Gasteiger partial charge in [0.1, 0.15) is 0 Å². The van der Waals surface area contributed by atoms with Crippen LogP contribution < -0.4 is 5.73 Å². The molecule has 0 radical (unpaired) electrons. The van der Waals surface area contributed by atoms with Crippen LogP contribution in [0.4, 0.5) is 5.69 Å². The van der Waals surface area contributed by atoms with E-state index in [1.165, 1.54) is 0 Å². The number of rotatable bonds is 0. The zero-order valence-electron chi connectivity index (χ0n) is 6.50. The summed E-state index contributed by atoms with van der Waals surface area (Å²) in [6.45, 7) is 3.97. The lowest BCUT2D eigenvalue weighted by atomic mass is 10.2. The van der Waals surface area contributed by atoms with Crippen LogP contribution in [0.1, 0.15) is 11.3 Å². The van der Waals surface area contributed by atoms with Crippen LogP contribution >= 0.6 is 24.8 Å². The summed E-state index contributed by atoms with van der Waals surface area (Å²) in [4.78, 5) is 4.05. The number of nitrogens with two attached hydrogens (primary N) is 1. The van der Waals surface area contributed by atoms with Gasteiger partial charge in [0, 0.05) is 5.69 Å². The maximum atomic E-state index is 5.46. The second-order valence-corrected chi connectivity index (χ2v) is 2.17. The van der Waals surface area contributed by atoms with Gasteiger partial charge in [-0.2, -0.15) is 0 Å². The quantitative estimate of drug-likeness (QED) is 0.688. The number of nitrogens with zero attached hydrogens (tertiary/aromatic N) is 1. The van der Waals surface area contributed by atoms with Gasteiger partial charge < -0.3 is 5.73 Å². The molecule has 0 saturated heterocycles. The summed E-state index contributed by atoms with van der Waals surface area (Å²) in [5.74, 6) is 0. The van der Waals surface area contributed by atoms with Crippen molar-refractivity contribution in [3.63, 3.8) is 0 Å². The van der Waals surface area contributed by atoms with E-state index in [4.69, 9.17) is 5.73 Å². The minimum absolute atomic E-state index is 0. The van der Waals surface area contributed by atoms with Crippen LogP contribution in [0.2, 0.25) is 0 Å². The van der Waals surface area contributed by atoms with Crippen molar-refractivity contribution in [3.05, 3.63) is 23.5 Å². The lowest BCUT2D eigenvalue weighted by Crippen LogP contribution is -1.90. The molecule has 0 amide bonds. The van der Waals surface area contributed by atoms with Gasteiger partial charge in [-0.15, -0.1) is 24.8 Å². The van der Waals surface area contributed by atoms with Gasteiger partial charge in [-0.3, -0.25) is 4.98 Å². The van der Waals surface area contributed by atoms with Crippen molar-refractivity contribution in [1.29, 1.82) is 0 Å². The van der Waals surface area contributed by atoms with Crippen LogP contribution in [-0.4, -0.2) is 4.98 Å². The molecule has 0 aliphatic rings. The van der Waals surface area contributed by atoms with E-state index in [9.17, 15) is 0 Å². The molecule has 0 unspecified atom stereocenters. The number of pyridine rings is 1. The first-order chi connectivity index (χ1) is 4.20. The number of hydrogen-bond acceptors (Lipinski definition) is 2. The highest BCUT2D eigenvalue weighted by molar-refractivity contribution is 5.85. The summed E-state index contributed by atoms with van der Waals surface area (Å²) in [5, 5.41) is 0. The fourth-order valence-electron chi connectivity index (χ4n) is 0.665. The molecule has 64 valence electrons. The van der Waals surface area contributed by atoms with E-state index in [-0.39, 0.29) is 24.8 Å². The fourth-order valence-corrected chi connectivity index (χ4v) is 0.665. The molecule has 0 atom stereocenters. The lowest BCUT2D eigenvalue weighted by Gasteiger charge is -1.97. The van der Waals surface area contributed by atoms with E-state index in [0.29, 0.717) is 0 Å². The Hall–Kier alpha value is -0.470. The minimum Gasteiger partial charge on any atom is -0.397 e. The molecule has 2 N–H and O–H groups in total. The van der Waals surface area contributed by atoms with Crippen LogP contribution in [0.5, 0.6) is 0 Å². The Bertz CT molecular complexity index is 226. The number of halogens is 2. The van der Waals surface area contributed by atoms with Crippen molar-refractivity contribution in [2.45, 2.75) is 13.8 Å². The first-order valence-corrected chi connectivity index (χ1v) is 2.89. The Kier molecular flexibility index (Phi) is 6.23. The summed E-state index contributed by atoms with van der Waals surface area (Å²) in [6, 6.07) is 1.92. The number of anilines is 1. The van der Waals surface area contributed by atoms with Crippen LogP contribution in [0.25, 0.3) is 0 Å². The Balaban J connectivity index is 0. The number of aromatic nitrogens is 1. The molecule has 0 bridgehead atoms. The van der Waals surface area contributed by atoms with Crippen molar-refractivity contribution in [3.8, 4) is 0 Å². The highest BCUT2D eigenvalue weighted by Crippen LogP contribution is 2.06. The number of nitrogen functional groups attached to an aromatic ring is 1. The highest BCUT2D eigenvalue weighted by Gasteiger charge is 1.91. The molecule has 0 aliphatic heterocycles. The third-order valence-electron chi connectivity index (χ3n) is 1.36. The first-order valence-electron chi connectivity index (χ1n) is 2.89. The van der Waals surface area contributed by atoms with E-state index in [1.54, 1.807) is 6.20 Å². The normalized spacial score (nSPS) is 7.82. The minimum atomic E-state index is 0. The van der Waals surface area contributed by atoms with Gasteiger partial charge in [0.05, 0.1) is 11.9 Å². The molecule has 1 rings (SSSR count). The predicted molar refractivity (Wildman–Crippen MR) is 52.6 cm³/mol. The lowest BCUT2D eigenvalue weighted by molar-refractivity contribution is 1.15. The maximum absolute atomic E-state index is 5.46. The SMILES string of the molecule is Cc1cc(N)cnc1C.Cl.Cl. The molecule has 0 spiro atoms. The van der Waals surface area contributed by atoms with Crippen LogP contribution in [0, 0.1) is 13.8 Å². The maximum Gasteiger partial charge on any atom is 0.0503 e. The second-order valence-electron chi connectivity index (χ2n) is 2.17. The summed E-state index contributed by atoms with van der Waals surface area (Å²) >= 11 is 0. The highest BCUT2D eigenvalue weighted by atomic mass is 35.5.